The molecular weight excluding hydrogens is 326 g/mol. The van der Waals surface area contributed by atoms with Gasteiger partial charge in [0.15, 0.2) is 5.82 Å². The molecule has 6 nitrogen and oxygen atoms in total. The van der Waals surface area contributed by atoms with Crippen molar-refractivity contribution >= 4 is 17.3 Å². The molecule has 0 spiro atoms. The molecule has 26 heavy (non-hydrogen) atoms. The van der Waals surface area contributed by atoms with E-state index in [0.29, 0.717) is 23.7 Å². The SMILES string of the molecule is O=C1N=C(c2ncccn2)C(c2ccncc2)=NC1Cc1ccccc1. The van der Waals surface area contributed by atoms with Crippen LogP contribution in [0.4, 0.5) is 0 Å². The van der Waals surface area contributed by atoms with Crippen molar-refractivity contribution in [2.75, 3.05) is 0 Å². The molecule has 0 aliphatic carbocycles. The highest BCUT2D eigenvalue weighted by Gasteiger charge is 2.29. The lowest BCUT2D eigenvalue weighted by Gasteiger charge is -2.19. The first-order valence-corrected chi connectivity index (χ1v) is 8.23. The Labute approximate surface area is 150 Å². The third-order valence-corrected chi connectivity index (χ3v) is 4.02. The molecule has 3 heterocycles. The van der Waals surface area contributed by atoms with Crippen LogP contribution >= 0.6 is 0 Å². The average molecular weight is 341 g/mol. The van der Waals surface area contributed by atoms with Gasteiger partial charge in [-0.15, -0.1) is 0 Å². The number of carbonyl (C=O) groups excluding carboxylic acids is 1. The smallest absolute Gasteiger partial charge is 0.270 e. The number of carbonyl (C=O) groups is 1. The second kappa shape index (κ2) is 7.14. The number of nitrogens with zero attached hydrogens (tertiary/aromatic N) is 5. The molecule has 1 amide bonds. The molecule has 0 fully saturated rings. The molecule has 1 atom stereocenters. The van der Waals surface area contributed by atoms with E-state index in [1.807, 2.05) is 42.5 Å². The molecular formula is C20H15N5O. The molecule has 0 saturated carbocycles. The summed E-state index contributed by atoms with van der Waals surface area (Å²) in [5.74, 6) is 0.101. The van der Waals surface area contributed by atoms with Crippen LogP contribution < -0.4 is 0 Å². The molecule has 1 aromatic carbocycles. The quantitative estimate of drug-likeness (QED) is 0.729. The summed E-state index contributed by atoms with van der Waals surface area (Å²) in [6, 6.07) is 14.6. The maximum atomic E-state index is 12.6. The highest BCUT2D eigenvalue weighted by Crippen LogP contribution is 2.17. The third kappa shape index (κ3) is 3.30. The maximum absolute atomic E-state index is 12.6. The van der Waals surface area contributed by atoms with Crippen molar-refractivity contribution in [2.24, 2.45) is 9.98 Å². The van der Waals surface area contributed by atoms with Gasteiger partial charge < -0.3 is 0 Å². The Morgan fingerprint density at radius 2 is 1.54 bits per heavy atom. The van der Waals surface area contributed by atoms with E-state index in [1.165, 1.54) is 0 Å². The van der Waals surface area contributed by atoms with E-state index >= 15 is 0 Å². The fourth-order valence-corrected chi connectivity index (χ4v) is 2.78. The molecule has 1 aliphatic heterocycles. The molecule has 0 bridgehead atoms. The topological polar surface area (TPSA) is 80.5 Å². The molecule has 1 unspecified atom stereocenters. The van der Waals surface area contributed by atoms with Gasteiger partial charge >= 0.3 is 0 Å². The lowest BCUT2D eigenvalue weighted by Crippen LogP contribution is -2.33. The zero-order chi connectivity index (χ0) is 17.8. The summed E-state index contributed by atoms with van der Waals surface area (Å²) in [5, 5.41) is 0. The van der Waals surface area contributed by atoms with Crippen LogP contribution in [0.25, 0.3) is 0 Å². The van der Waals surface area contributed by atoms with Gasteiger partial charge in [-0.2, -0.15) is 0 Å². The predicted octanol–water partition coefficient (Wildman–Crippen LogP) is 2.30. The van der Waals surface area contributed by atoms with E-state index in [2.05, 4.69) is 19.9 Å². The maximum Gasteiger partial charge on any atom is 0.271 e. The summed E-state index contributed by atoms with van der Waals surface area (Å²) >= 11 is 0. The number of amides is 1. The van der Waals surface area contributed by atoms with Gasteiger partial charge in [0, 0.05) is 36.8 Å². The molecule has 1 aliphatic rings. The van der Waals surface area contributed by atoms with Crippen LogP contribution in [0.1, 0.15) is 17.0 Å². The van der Waals surface area contributed by atoms with Crippen molar-refractivity contribution in [3.63, 3.8) is 0 Å². The van der Waals surface area contributed by atoms with Crippen LogP contribution in [0, 0.1) is 0 Å². The Morgan fingerprint density at radius 3 is 2.27 bits per heavy atom. The van der Waals surface area contributed by atoms with E-state index in [9.17, 15) is 4.79 Å². The number of aliphatic imine (C=N–C) groups is 2. The van der Waals surface area contributed by atoms with Gasteiger partial charge in [-0.1, -0.05) is 30.3 Å². The van der Waals surface area contributed by atoms with Gasteiger partial charge in [-0.3, -0.25) is 14.8 Å². The van der Waals surface area contributed by atoms with E-state index in [0.717, 1.165) is 11.1 Å². The number of pyridine rings is 1. The average Bonchev–Trinajstić information content (AvgIpc) is 2.71. The minimum Gasteiger partial charge on any atom is -0.270 e. The Hall–Kier alpha value is -3.54. The van der Waals surface area contributed by atoms with Gasteiger partial charge in [-0.25, -0.2) is 15.0 Å². The predicted molar refractivity (Wildman–Crippen MR) is 98.3 cm³/mol. The minimum absolute atomic E-state index is 0.283. The van der Waals surface area contributed by atoms with Crippen LogP contribution in [0.5, 0.6) is 0 Å². The Morgan fingerprint density at radius 1 is 0.808 bits per heavy atom. The zero-order valence-corrected chi connectivity index (χ0v) is 13.9. The Kier molecular flexibility index (Phi) is 4.38. The van der Waals surface area contributed by atoms with Crippen LogP contribution in [0.15, 0.2) is 83.3 Å². The first kappa shape index (κ1) is 16.0. The number of aromatic nitrogens is 3. The van der Waals surface area contributed by atoms with Crippen molar-refractivity contribution in [2.45, 2.75) is 12.5 Å². The van der Waals surface area contributed by atoms with Crippen molar-refractivity contribution in [3.05, 3.63) is 90.3 Å². The first-order valence-electron chi connectivity index (χ1n) is 8.23. The normalized spacial score (nSPS) is 16.8. The standard InChI is InChI=1S/C20H15N5O/c26-20-16(13-14-5-2-1-3-6-14)24-17(15-7-11-21-12-8-15)18(25-20)19-22-9-4-10-23-19/h1-12,16H,13H2. The summed E-state index contributed by atoms with van der Waals surface area (Å²) in [7, 11) is 0. The van der Waals surface area contributed by atoms with Crippen LogP contribution in [0.2, 0.25) is 0 Å². The lowest BCUT2D eigenvalue weighted by molar-refractivity contribution is -0.119. The fourth-order valence-electron chi connectivity index (χ4n) is 2.78. The second-order valence-corrected chi connectivity index (χ2v) is 5.79. The number of benzene rings is 1. The molecule has 6 heteroatoms. The molecule has 3 aromatic rings. The van der Waals surface area contributed by atoms with Crippen LogP contribution in [-0.2, 0) is 11.2 Å². The molecule has 0 saturated heterocycles. The van der Waals surface area contributed by atoms with E-state index in [1.54, 1.807) is 30.9 Å². The molecule has 4 rings (SSSR count). The van der Waals surface area contributed by atoms with Crippen molar-refractivity contribution in [1.82, 2.24) is 15.0 Å². The van der Waals surface area contributed by atoms with Crippen LogP contribution in [0.3, 0.4) is 0 Å². The summed E-state index contributed by atoms with van der Waals surface area (Å²) < 4.78 is 0. The van der Waals surface area contributed by atoms with Crippen molar-refractivity contribution in [1.29, 1.82) is 0 Å². The highest BCUT2D eigenvalue weighted by atomic mass is 16.1. The second-order valence-electron chi connectivity index (χ2n) is 5.79. The Bertz CT molecular complexity index is 969. The molecule has 126 valence electrons. The molecule has 2 aromatic heterocycles. The van der Waals surface area contributed by atoms with Gasteiger partial charge in [0.05, 0.1) is 5.71 Å². The Balaban J connectivity index is 1.76. The number of hydrogen-bond acceptors (Lipinski definition) is 5. The number of rotatable bonds is 4. The highest BCUT2D eigenvalue weighted by molar-refractivity contribution is 6.54. The largest absolute Gasteiger partial charge is 0.271 e. The van der Waals surface area contributed by atoms with Gasteiger partial charge in [0.25, 0.3) is 5.91 Å². The van der Waals surface area contributed by atoms with Gasteiger partial charge in [-0.05, 0) is 23.8 Å². The zero-order valence-electron chi connectivity index (χ0n) is 13.9. The fraction of sp³-hybridized carbons (Fsp3) is 0.100. The lowest BCUT2D eigenvalue weighted by atomic mass is 10.0. The third-order valence-electron chi connectivity index (χ3n) is 4.02. The van der Waals surface area contributed by atoms with E-state index < -0.39 is 6.04 Å². The summed E-state index contributed by atoms with van der Waals surface area (Å²) in [5.41, 5.74) is 2.88. The van der Waals surface area contributed by atoms with Gasteiger partial charge in [0.1, 0.15) is 11.8 Å². The number of hydrogen-bond donors (Lipinski definition) is 0. The molecule has 0 radical (unpaired) electrons. The summed E-state index contributed by atoms with van der Waals surface area (Å²) in [6.07, 6.45) is 7.11. The summed E-state index contributed by atoms with van der Waals surface area (Å²) in [4.78, 5) is 34.1. The monoisotopic (exact) mass is 341 g/mol. The first-order chi connectivity index (χ1) is 12.8. The van der Waals surface area contributed by atoms with E-state index in [4.69, 9.17) is 4.99 Å². The van der Waals surface area contributed by atoms with E-state index in [-0.39, 0.29) is 5.91 Å². The van der Waals surface area contributed by atoms with Gasteiger partial charge in [0.2, 0.25) is 0 Å². The van der Waals surface area contributed by atoms with Crippen LogP contribution in [-0.4, -0.2) is 38.3 Å². The molecule has 0 N–H and O–H groups in total. The van der Waals surface area contributed by atoms with Crippen molar-refractivity contribution < 1.29 is 4.79 Å². The minimum atomic E-state index is -0.562. The summed E-state index contributed by atoms with van der Waals surface area (Å²) in [6.45, 7) is 0. The van der Waals surface area contributed by atoms with Crippen molar-refractivity contribution in [3.8, 4) is 0 Å².